The van der Waals surface area contributed by atoms with Crippen molar-refractivity contribution in [1.29, 1.82) is 5.26 Å². The van der Waals surface area contributed by atoms with E-state index in [0.29, 0.717) is 4.88 Å². The summed E-state index contributed by atoms with van der Waals surface area (Å²) in [5, 5.41) is 11.2. The molecule has 1 aromatic rings. The van der Waals surface area contributed by atoms with Crippen LogP contribution in [0.1, 0.15) is 4.88 Å². The molecule has 1 heterocycles. The summed E-state index contributed by atoms with van der Waals surface area (Å²) in [6, 6.07) is 5.47. The van der Waals surface area contributed by atoms with Crippen molar-refractivity contribution in [1.82, 2.24) is 0 Å². The number of carbonyl (C=O) groups excluding carboxylic acids is 1. The molecule has 0 aliphatic heterocycles. The second-order valence-electron chi connectivity index (χ2n) is 4.48. The third-order valence-electron chi connectivity index (χ3n) is 1.96. The molecule has 0 spiro atoms. The van der Waals surface area contributed by atoms with Crippen molar-refractivity contribution in [2.24, 2.45) is 0 Å². The molecule has 0 saturated carbocycles. The van der Waals surface area contributed by atoms with Gasteiger partial charge in [-0.2, -0.15) is 5.26 Å². The van der Waals surface area contributed by atoms with Crippen LogP contribution >= 0.6 is 11.3 Å². The molecule has 4 nitrogen and oxygen atoms in total. The second kappa shape index (κ2) is 5.00. The predicted octanol–water partition coefficient (Wildman–Crippen LogP) is 2.49. The van der Waals surface area contributed by atoms with E-state index >= 15 is 0 Å². The molecule has 1 rings (SSSR count). The van der Waals surface area contributed by atoms with Gasteiger partial charge in [-0.3, -0.25) is 0 Å². The zero-order valence-electron chi connectivity index (χ0n) is 10.3. The Morgan fingerprint density at radius 3 is 2.53 bits per heavy atom. The lowest BCUT2D eigenvalue weighted by atomic mass is 10.1. The van der Waals surface area contributed by atoms with Gasteiger partial charge in [0.2, 0.25) is 0 Å². The molecule has 0 saturated heterocycles. The fraction of sp³-hybridized carbons (Fsp3) is 0.455. The van der Waals surface area contributed by atoms with Crippen LogP contribution in [0.4, 0.5) is 0 Å². The highest BCUT2D eigenvalue weighted by atomic mass is 32.1. The second-order valence-corrected chi connectivity index (χ2v) is 9.85. The average molecular weight is 269 g/mol. The van der Waals surface area contributed by atoms with Crippen LogP contribution in [0.5, 0.6) is 0 Å². The van der Waals surface area contributed by atoms with Gasteiger partial charge in [0, 0.05) is 0 Å². The van der Waals surface area contributed by atoms with Crippen molar-refractivity contribution in [2.45, 2.75) is 25.2 Å². The lowest BCUT2D eigenvalue weighted by Crippen LogP contribution is -2.45. The number of hydrogen-bond acceptors (Lipinski definition) is 5. The Hall–Kier alpha value is -1.16. The number of rotatable bonds is 4. The van der Waals surface area contributed by atoms with Gasteiger partial charge in [-0.15, -0.1) is 11.3 Å². The first-order valence-electron chi connectivity index (χ1n) is 5.09. The fourth-order valence-electron chi connectivity index (χ4n) is 1.40. The van der Waals surface area contributed by atoms with Gasteiger partial charge in [0.25, 0.3) is 5.60 Å². The Morgan fingerprint density at radius 1 is 1.53 bits per heavy atom. The van der Waals surface area contributed by atoms with Gasteiger partial charge in [0.15, 0.2) is 8.32 Å². The maximum absolute atomic E-state index is 11.9. The number of thiophene rings is 1. The van der Waals surface area contributed by atoms with Crippen molar-refractivity contribution >= 4 is 25.6 Å². The Kier molecular flexibility index (Phi) is 4.09. The number of nitrogens with zero attached hydrogens (tertiary/aromatic N) is 1. The van der Waals surface area contributed by atoms with E-state index < -0.39 is 19.9 Å². The minimum atomic E-state index is -2.07. The van der Waals surface area contributed by atoms with Crippen molar-refractivity contribution in [3.05, 3.63) is 22.4 Å². The smallest absolute Gasteiger partial charge is 0.358 e. The molecular weight excluding hydrogens is 254 g/mol. The molecule has 17 heavy (non-hydrogen) atoms. The molecule has 0 N–H and O–H groups in total. The third-order valence-corrected chi connectivity index (χ3v) is 3.85. The van der Waals surface area contributed by atoms with E-state index in [2.05, 4.69) is 0 Å². The third kappa shape index (κ3) is 2.94. The molecule has 0 aliphatic rings. The van der Waals surface area contributed by atoms with Crippen LogP contribution in [-0.2, 0) is 19.6 Å². The summed E-state index contributed by atoms with van der Waals surface area (Å²) >= 11 is 1.31. The molecule has 0 fully saturated rings. The molecule has 0 aliphatic carbocycles. The largest absolute Gasteiger partial charge is 0.466 e. The fourth-order valence-corrected chi connectivity index (χ4v) is 3.43. The summed E-state index contributed by atoms with van der Waals surface area (Å²) in [5.74, 6) is -0.662. The molecule has 1 atom stereocenters. The summed E-state index contributed by atoms with van der Waals surface area (Å²) in [5.41, 5.74) is -1.62. The summed E-state index contributed by atoms with van der Waals surface area (Å²) in [4.78, 5) is 12.5. The molecule has 6 heteroatoms. The first kappa shape index (κ1) is 13.9. The van der Waals surface area contributed by atoms with E-state index in [0.717, 1.165) is 0 Å². The first-order valence-corrected chi connectivity index (χ1v) is 9.38. The van der Waals surface area contributed by atoms with Crippen LogP contribution in [0, 0.1) is 11.3 Å². The van der Waals surface area contributed by atoms with Crippen LogP contribution in [0.15, 0.2) is 17.5 Å². The van der Waals surface area contributed by atoms with Crippen molar-refractivity contribution in [2.75, 3.05) is 7.11 Å². The SMILES string of the molecule is COC(=O)C(C#N)(O[Si](C)(C)C)c1cccs1. The highest BCUT2D eigenvalue weighted by molar-refractivity contribution is 7.10. The predicted molar refractivity (Wildman–Crippen MR) is 68.1 cm³/mol. The summed E-state index contributed by atoms with van der Waals surface area (Å²) in [6.07, 6.45) is 0. The number of esters is 1. The van der Waals surface area contributed by atoms with Crippen molar-refractivity contribution < 1.29 is 14.0 Å². The number of nitriles is 1. The lowest BCUT2D eigenvalue weighted by Gasteiger charge is -2.30. The van der Waals surface area contributed by atoms with Gasteiger partial charge in [-0.25, -0.2) is 4.79 Å². The van der Waals surface area contributed by atoms with Gasteiger partial charge >= 0.3 is 5.97 Å². The van der Waals surface area contributed by atoms with E-state index in [9.17, 15) is 10.1 Å². The average Bonchev–Trinajstić information content (AvgIpc) is 2.77. The van der Waals surface area contributed by atoms with Gasteiger partial charge in [-0.1, -0.05) is 6.07 Å². The van der Waals surface area contributed by atoms with Crippen molar-refractivity contribution in [3.8, 4) is 6.07 Å². The molecule has 0 bridgehead atoms. The van der Waals surface area contributed by atoms with Gasteiger partial charge in [0.05, 0.1) is 12.0 Å². The van der Waals surface area contributed by atoms with Crippen LogP contribution in [0.2, 0.25) is 19.6 Å². The Labute approximate surface area is 106 Å². The van der Waals surface area contributed by atoms with E-state index in [1.807, 2.05) is 25.7 Å². The molecule has 92 valence electrons. The molecule has 1 unspecified atom stereocenters. The van der Waals surface area contributed by atoms with E-state index in [4.69, 9.17) is 9.16 Å². The Morgan fingerprint density at radius 2 is 2.18 bits per heavy atom. The molecule has 0 radical (unpaired) electrons. The summed E-state index contributed by atoms with van der Waals surface area (Å²) < 4.78 is 10.5. The highest BCUT2D eigenvalue weighted by Gasteiger charge is 2.47. The molecule has 0 amide bonds. The van der Waals surface area contributed by atoms with Gasteiger partial charge in [0.1, 0.15) is 6.07 Å². The maximum atomic E-state index is 11.9. The van der Waals surface area contributed by atoms with Gasteiger partial charge in [-0.05, 0) is 31.1 Å². The van der Waals surface area contributed by atoms with Crippen LogP contribution in [-0.4, -0.2) is 21.4 Å². The Balaban J connectivity index is 3.26. The van der Waals surface area contributed by atoms with Crippen molar-refractivity contribution in [3.63, 3.8) is 0 Å². The topological polar surface area (TPSA) is 59.3 Å². The van der Waals surface area contributed by atoms with Crippen LogP contribution in [0.3, 0.4) is 0 Å². The monoisotopic (exact) mass is 269 g/mol. The Bertz CT molecular complexity index is 433. The number of methoxy groups -OCH3 is 1. The lowest BCUT2D eigenvalue weighted by molar-refractivity contribution is -0.155. The zero-order valence-corrected chi connectivity index (χ0v) is 12.1. The summed E-state index contributed by atoms with van der Waals surface area (Å²) in [7, 11) is -0.806. The quantitative estimate of drug-likeness (QED) is 0.622. The molecule has 0 aromatic carbocycles. The van der Waals surface area contributed by atoms with Crippen LogP contribution in [0.25, 0.3) is 0 Å². The maximum Gasteiger partial charge on any atom is 0.358 e. The minimum Gasteiger partial charge on any atom is -0.466 e. The van der Waals surface area contributed by atoms with E-state index in [1.54, 1.807) is 17.5 Å². The number of hydrogen-bond donors (Lipinski definition) is 0. The standard InChI is InChI=1S/C11H15NO3SSi/c1-14-10(13)11(8-12,15-17(2,3)4)9-6-5-7-16-9/h5-7H,1-4H3. The van der Waals surface area contributed by atoms with E-state index in [-0.39, 0.29) is 0 Å². The normalized spacial score (nSPS) is 14.8. The molecule has 1 aromatic heterocycles. The highest BCUT2D eigenvalue weighted by Crippen LogP contribution is 2.33. The van der Waals surface area contributed by atoms with Crippen LogP contribution < -0.4 is 0 Å². The number of ether oxygens (including phenoxy) is 1. The minimum absolute atomic E-state index is 0.564. The summed E-state index contributed by atoms with van der Waals surface area (Å²) in [6.45, 7) is 5.78. The molecular formula is C11H15NO3SSi. The zero-order chi connectivity index (χ0) is 13.1. The first-order chi connectivity index (χ1) is 7.85. The number of carbonyl (C=O) groups is 1. The van der Waals surface area contributed by atoms with E-state index in [1.165, 1.54) is 18.4 Å². The van der Waals surface area contributed by atoms with Gasteiger partial charge < -0.3 is 9.16 Å².